The van der Waals surface area contributed by atoms with Gasteiger partial charge in [0.15, 0.2) is 5.78 Å². The topological polar surface area (TPSA) is 95.6 Å². The number of rotatable bonds is 8. The number of carbonyl (C=O) groups is 4. The fourth-order valence-corrected chi connectivity index (χ4v) is 5.80. The highest BCUT2D eigenvalue weighted by atomic mass is 35.5. The van der Waals surface area contributed by atoms with Gasteiger partial charge in [-0.2, -0.15) is 8.78 Å². The lowest BCUT2D eigenvalue weighted by molar-refractivity contribution is -0.162. The van der Waals surface area contributed by atoms with Gasteiger partial charge in [-0.25, -0.2) is 4.39 Å². The van der Waals surface area contributed by atoms with Gasteiger partial charge in [-0.05, 0) is 49.7 Å². The summed E-state index contributed by atoms with van der Waals surface area (Å²) in [5.41, 5.74) is -0.580. The fraction of sp³-hybridized carbons (Fsp3) is 0.583. The zero-order valence-electron chi connectivity index (χ0n) is 18.9. The van der Waals surface area contributed by atoms with Crippen molar-refractivity contribution >= 4 is 35.1 Å². The van der Waals surface area contributed by atoms with E-state index in [1.54, 1.807) is 0 Å². The number of carbonyl (C=O) groups excluding carboxylic acids is 4. The summed E-state index contributed by atoms with van der Waals surface area (Å²) >= 11 is 5.84. The summed E-state index contributed by atoms with van der Waals surface area (Å²) < 4.78 is 43.7. The van der Waals surface area contributed by atoms with Crippen LogP contribution >= 0.6 is 11.6 Å². The molecule has 7 nitrogen and oxygen atoms in total. The Morgan fingerprint density at radius 2 is 2.00 bits per heavy atom. The largest absolute Gasteiger partial charge is 0.356 e. The van der Waals surface area contributed by atoms with E-state index < -0.39 is 53.8 Å². The molecule has 3 amide bonds. The van der Waals surface area contributed by atoms with Crippen LogP contribution in [-0.4, -0.2) is 60.3 Å². The molecule has 0 aromatic heterocycles. The van der Waals surface area contributed by atoms with Crippen LogP contribution in [0.25, 0.3) is 0 Å². The van der Waals surface area contributed by atoms with Gasteiger partial charge in [-0.15, -0.1) is 0 Å². The van der Waals surface area contributed by atoms with E-state index in [-0.39, 0.29) is 35.7 Å². The molecule has 1 aromatic rings. The summed E-state index contributed by atoms with van der Waals surface area (Å²) in [6, 6.07) is 2.33. The Bertz CT molecular complexity index is 1020. The van der Waals surface area contributed by atoms with Gasteiger partial charge in [-0.3, -0.25) is 19.2 Å². The predicted molar refractivity (Wildman–Crippen MR) is 120 cm³/mol. The van der Waals surface area contributed by atoms with Crippen molar-refractivity contribution in [1.82, 2.24) is 15.5 Å². The second kappa shape index (κ2) is 10.2. The summed E-state index contributed by atoms with van der Waals surface area (Å²) in [7, 11) is 0. The quantitative estimate of drug-likeness (QED) is 0.558. The van der Waals surface area contributed by atoms with Crippen LogP contribution in [0.2, 0.25) is 5.02 Å². The van der Waals surface area contributed by atoms with Crippen molar-refractivity contribution in [3.63, 3.8) is 0 Å². The van der Waals surface area contributed by atoms with Crippen LogP contribution in [-0.2, 0) is 25.1 Å². The maximum atomic E-state index is 15.2. The smallest absolute Gasteiger partial charge is 0.350 e. The van der Waals surface area contributed by atoms with Gasteiger partial charge in [0.1, 0.15) is 12.7 Å². The number of likely N-dealkylation sites (tertiary alicyclic amines) is 1. The molecule has 11 heteroatoms. The van der Waals surface area contributed by atoms with E-state index in [0.717, 1.165) is 23.5 Å². The van der Waals surface area contributed by atoms with Crippen LogP contribution in [0.15, 0.2) is 24.3 Å². The summed E-state index contributed by atoms with van der Waals surface area (Å²) in [5.74, 6) is -8.43. The molecule has 5 atom stereocenters. The third-order valence-electron chi connectivity index (χ3n) is 7.40. The predicted octanol–water partition coefficient (Wildman–Crippen LogP) is 2.61. The zero-order chi connectivity index (χ0) is 25.3. The van der Waals surface area contributed by atoms with Gasteiger partial charge in [-0.1, -0.05) is 30.2 Å². The molecule has 4 rings (SSSR count). The van der Waals surface area contributed by atoms with Crippen LogP contribution in [0.1, 0.15) is 37.7 Å². The first-order valence-electron chi connectivity index (χ1n) is 11.7. The molecular formula is C24H27ClF3N3O4. The number of fused-ring (bicyclic) bond motifs is 1. The number of halogens is 4. The Hall–Kier alpha value is -2.62. The average Bonchev–Trinajstić information content (AvgIpc) is 3.53. The lowest BCUT2D eigenvalue weighted by Gasteiger charge is -2.31. The highest BCUT2D eigenvalue weighted by molar-refractivity contribution is 6.30. The second-order valence-electron chi connectivity index (χ2n) is 9.52. The van der Waals surface area contributed by atoms with Crippen molar-refractivity contribution in [3.8, 4) is 0 Å². The Morgan fingerprint density at radius 1 is 1.23 bits per heavy atom. The number of nitrogens with one attached hydrogen (secondary N) is 2. The van der Waals surface area contributed by atoms with E-state index >= 15 is 8.78 Å². The molecule has 2 aliphatic heterocycles. The number of nitrogens with zero attached hydrogens (tertiary/aromatic N) is 1. The number of ketones is 1. The summed E-state index contributed by atoms with van der Waals surface area (Å²) in [4.78, 5) is 51.5. The molecule has 1 saturated carbocycles. The second-order valence-corrected chi connectivity index (χ2v) is 9.95. The minimum absolute atomic E-state index is 0.00943. The molecule has 190 valence electrons. The zero-order valence-corrected chi connectivity index (χ0v) is 19.7. The summed E-state index contributed by atoms with van der Waals surface area (Å²) in [6.07, 6.45) is 2.40. The molecule has 0 radical (unpaired) electrons. The third-order valence-corrected chi connectivity index (χ3v) is 7.63. The molecule has 3 fully saturated rings. The van der Waals surface area contributed by atoms with E-state index in [2.05, 4.69) is 10.6 Å². The number of hydrogen-bond acceptors (Lipinski definition) is 4. The lowest BCUT2D eigenvalue weighted by atomic mass is 9.92. The summed E-state index contributed by atoms with van der Waals surface area (Å²) in [6.45, 7) is -0.933. The Kier molecular flexibility index (Phi) is 7.40. The highest BCUT2D eigenvalue weighted by Crippen LogP contribution is 2.44. The van der Waals surface area contributed by atoms with Crippen molar-refractivity contribution in [2.75, 3.05) is 19.8 Å². The van der Waals surface area contributed by atoms with Gasteiger partial charge in [0.2, 0.25) is 11.8 Å². The SMILES string of the molecule is O=C1NCCC1CC(NC(=O)C1C2CCCC2CN1C(=O)C(F)(F)c1cccc(Cl)c1)C(=O)CF. The standard InChI is InChI=1S/C24H27ClF3N3O4/c25-16-5-2-4-15(10-16)24(27,28)23(35)31-12-14-3-1-6-17(14)20(31)22(34)30-18(19(32)11-26)9-13-7-8-29-21(13)33/h2,4-5,10,13-14,17-18,20H,1,3,6-9,11-12H2,(H,29,33)(H,30,34). The van der Waals surface area contributed by atoms with Crippen molar-refractivity contribution in [2.45, 2.75) is 50.1 Å². The Labute approximate surface area is 205 Å². The molecule has 1 aliphatic carbocycles. The van der Waals surface area contributed by atoms with Crippen LogP contribution < -0.4 is 10.6 Å². The lowest BCUT2D eigenvalue weighted by Crippen LogP contribution is -2.55. The Morgan fingerprint density at radius 3 is 2.66 bits per heavy atom. The van der Waals surface area contributed by atoms with E-state index in [9.17, 15) is 23.6 Å². The number of amides is 3. The molecular weight excluding hydrogens is 487 g/mol. The molecule has 5 unspecified atom stereocenters. The van der Waals surface area contributed by atoms with Gasteiger partial charge in [0.05, 0.1) is 6.04 Å². The summed E-state index contributed by atoms with van der Waals surface area (Å²) in [5, 5.41) is 5.16. The highest BCUT2D eigenvalue weighted by Gasteiger charge is 2.55. The van der Waals surface area contributed by atoms with E-state index in [1.807, 2.05) is 0 Å². The molecule has 2 saturated heterocycles. The minimum Gasteiger partial charge on any atom is -0.356 e. The first-order chi connectivity index (χ1) is 16.6. The van der Waals surface area contributed by atoms with Gasteiger partial charge in [0, 0.05) is 29.6 Å². The number of hydrogen-bond donors (Lipinski definition) is 2. The Balaban J connectivity index is 1.57. The van der Waals surface area contributed by atoms with Crippen molar-refractivity contribution in [2.24, 2.45) is 17.8 Å². The molecule has 1 aromatic carbocycles. The van der Waals surface area contributed by atoms with Crippen molar-refractivity contribution < 1.29 is 32.3 Å². The third kappa shape index (κ3) is 5.03. The van der Waals surface area contributed by atoms with Crippen LogP contribution in [0.3, 0.4) is 0 Å². The maximum absolute atomic E-state index is 15.2. The molecule has 2 N–H and O–H groups in total. The number of benzene rings is 1. The molecule has 3 aliphatic rings. The normalized spacial score (nSPS) is 26.9. The first-order valence-corrected chi connectivity index (χ1v) is 12.1. The van der Waals surface area contributed by atoms with Crippen LogP contribution in [0.5, 0.6) is 0 Å². The average molecular weight is 514 g/mol. The van der Waals surface area contributed by atoms with Gasteiger partial charge < -0.3 is 15.5 Å². The van der Waals surface area contributed by atoms with Crippen LogP contribution in [0.4, 0.5) is 13.2 Å². The molecule has 35 heavy (non-hydrogen) atoms. The maximum Gasteiger partial charge on any atom is 0.350 e. The molecule has 0 spiro atoms. The van der Waals surface area contributed by atoms with E-state index in [1.165, 1.54) is 12.1 Å². The van der Waals surface area contributed by atoms with Crippen LogP contribution in [0, 0.1) is 17.8 Å². The first kappa shape index (κ1) is 25.5. The van der Waals surface area contributed by atoms with Crippen molar-refractivity contribution in [1.29, 1.82) is 0 Å². The fourth-order valence-electron chi connectivity index (χ4n) is 5.61. The van der Waals surface area contributed by atoms with Gasteiger partial charge >= 0.3 is 5.92 Å². The number of Topliss-reactive ketones (excluding diaryl/α,β-unsaturated/α-hetero) is 1. The van der Waals surface area contributed by atoms with E-state index in [0.29, 0.717) is 25.8 Å². The van der Waals surface area contributed by atoms with Crippen molar-refractivity contribution in [3.05, 3.63) is 34.9 Å². The minimum atomic E-state index is -3.92. The molecule has 2 heterocycles. The molecule has 0 bridgehead atoms. The van der Waals surface area contributed by atoms with E-state index in [4.69, 9.17) is 11.6 Å². The van der Waals surface area contributed by atoms with Gasteiger partial charge in [0.25, 0.3) is 5.91 Å². The number of alkyl halides is 3. The monoisotopic (exact) mass is 513 g/mol.